The quantitative estimate of drug-likeness (QED) is 0.441. The Hall–Kier alpha value is -2.97. The van der Waals surface area contributed by atoms with Crippen molar-refractivity contribution >= 4 is 11.9 Å². The minimum atomic E-state index is -0.397. The van der Waals surface area contributed by atoms with Gasteiger partial charge < -0.3 is 20.2 Å². The van der Waals surface area contributed by atoms with Crippen LogP contribution in [-0.4, -0.2) is 45.9 Å². The van der Waals surface area contributed by atoms with Crippen LogP contribution in [0.5, 0.6) is 0 Å². The molecule has 0 saturated heterocycles. The van der Waals surface area contributed by atoms with Crippen molar-refractivity contribution in [3.05, 3.63) is 74.1 Å². The molecule has 1 aromatic rings. The molecule has 33 heavy (non-hydrogen) atoms. The highest BCUT2D eigenvalue weighted by molar-refractivity contribution is 5.75. The van der Waals surface area contributed by atoms with Crippen molar-refractivity contribution in [3.8, 4) is 0 Å². The number of ether oxygens (including phenoxy) is 1. The van der Waals surface area contributed by atoms with Crippen LogP contribution in [0.15, 0.2) is 57.2 Å². The van der Waals surface area contributed by atoms with Gasteiger partial charge in [-0.2, -0.15) is 0 Å². The van der Waals surface area contributed by atoms with Crippen LogP contribution < -0.4 is 16.1 Å². The number of fused-ring (bicyclic) bond motifs is 1. The number of aromatic nitrogens is 2. The number of aliphatic hydroxyl groups excluding tert-OH is 1. The monoisotopic (exact) mass is 454 g/mol. The molecule has 0 aromatic carbocycles. The van der Waals surface area contributed by atoms with E-state index in [1.54, 1.807) is 7.05 Å². The molecule has 3 atom stereocenters. The lowest BCUT2D eigenvalue weighted by atomic mass is 10.00. The molecule has 178 valence electrons. The van der Waals surface area contributed by atoms with Crippen molar-refractivity contribution < 1.29 is 9.84 Å². The second kappa shape index (κ2) is 10.8. The Balaban J connectivity index is 2.04. The Labute approximate surface area is 194 Å². The lowest BCUT2D eigenvalue weighted by molar-refractivity contribution is -0.000349. The van der Waals surface area contributed by atoms with Crippen LogP contribution in [0.4, 0.5) is 5.69 Å². The van der Waals surface area contributed by atoms with E-state index in [1.165, 1.54) is 15.3 Å². The van der Waals surface area contributed by atoms with Crippen LogP contribution in [-0.2, 0) is 24.8 Å². The predicted molar refractivity (Wildman–Crippen MR) is 131 cm³/mol. The molecule has 8 heteroatoms. The van der Waals surface area contributed by atoms with E-state index in [2.05, 4.69) is 13.0 Å². The fourth-order valence-corrected chi connectivity index (χ4v) is 4.16. The molecule has 1 aliphatic heterocycles. The highest BCUT2D eigenvalue weighted by Gasteiger charge is 2.37. The fraction of sp³-hybridized carbons (Fsp3) is 0.480. The summed E-state index contributed by atoms with van der Waals surface area (Å²) in [6.45, 7) is 6.44. The molecule has 0 bridgehead atoms. The summed E-state index contributed by atoms with van der Waals surface area (Å²) in [5.74, 6) is 0.195. The molecular weight excluding hydrogens is 420 g/mol. The van der Waals surface area contributed by atoms with Gasteiger partial charge in [0.1, 0.15) is 11.9 Å². The number of nitrogens with zero attached hydrogens (tertiary/aromatic N) is 3. The summed E-state index contributed by atoms with van der Waals surface area (Å²) < 4.78 is 9.22. The number of rotatable bonds is 9. The highest BCUT2D eigenvalue weighted by atomic mass is 16.5. The summed E-state index contributed by atoms with van der Waals surface area (Å²) in [5, 5.41) is 16.6. The summed E-state index contributed by atoms with van der Waals surface area (Å²) in [6.07, 6.45) is 13.4. The third-order valence-corrected chi connectivity index (χ3v) is 6.12. The van der Waals surface area contributed by atoms with E-state index < -0.39 is 6.23 Å². The largest absolute Gasteiger partial charge is 0.396 e. The molecule has 2 N–H and O–H groups in total. The normalized spacial score (nSPS) is 22.7. The second-order valence-corrected chi connectivity index (χ2v) is 8.76. The van der Waals surface area contributed by atoms with Gasteiger partial charge in [0, 0.05) is 45.3 Å². The number of nitrogens with one attached hydrogen (secondary N) is 1. The Bertz CT molecular complexity index is 1120. The van der Waals surface area contributed by atoms with Crippen LogP contribution >= 0.6 is 0 Å². The summed E-state index contributed by atoms with van der Waals surface area (Å²) in [6, 6.07) is 0. The molecule has 2 heterocycles. The number of hydrogen-bond acceptors (Lipinski definition) is 6. The van der Waals surface area contributed by atoms with Gasteiger partial charge >= 0.3 is 5.69 Å². The third kappa shape index (κ3) is 5.34. The van der Waals surface area contributed by atoms with E-state index in [9.17, 15) is 14.7 Å². The first-order valence-corrected chi connectivity index (χ1v) is 11.3. The van der Waals surface area contributed by atoms with Gasteiger partial charge in [-0.15, -0.1) is 0 Å². The average Bonchev–Trinajstić information content (AvgIpc) is 3.15. The van der Waals surface area contributed by atoms with Crippen molar-refractivity contribution in [2.45, 2.75) is 52.5 Å². The van der Waals surface area contributed by atoms with Gasteiger partial charge in [-0.05, 0) is 25.8 Å². The summed E-state index contributed by atoms with van der Waals surface area (Å²) >= 11 is 0. The molecule has 3 rings (SSSR count). The first-order chi connectivity index (χ1) is 15.8. The topological polar surface area (TPSA) is 101 Å². The van der Waals surface area contributed by atoms with Crippen LogP contribution in [0.1, 0.15) is 32.9 Å². The molecule has 2 aliphatic rings. The maximum Gasteiger partial charge on any atom is 0.331 e. The van der Waals surface area contributed by atoms with Gasteiger partial charge in [0.15, 0.2) is 0 Å². The Kier molecular flexibility index (Phi) is 8.05. The number of hydrogen-bond donors (Lipinski definition) is 2. The van der Waals surface area contributed by atoms with E-state index in [1.807, 2.05) is 49.1 Å². The summed E-state index contributed by atoms with van der Waals surface area (Å²) in [7, 11) is 1.68. The molecule has 0 amide bonds. The SMILES string of the molecule is C/C(C=N)=C/C=C(\C)CN1c2c(n(C)c(=O)n(CCCO)c2=O)CC1OC1C=CC=CC1C. The smallest absolute Gasteiger partial charge is 0.331 e. The number of anilines is 1. The standard InChI is InChI=1S/C25H34N4O4/c1-17(15-26)10-11-18(2)16-29-22(33-21-9-6-5-8-19(21)3)14-20-23(29)24(31)28(12-7-13-30)25(32)27(20)4/h5-6,8-11,15,19,21-22,26,30H,7,12-14,16H2,1-4H3/b17-10-,18-11+,26-15?. The van der Waals surface area contributed by atoms with Crippen LogP contribution in [0, 0.1) is 11.3 Å². The molecular formula is C25H34N4O4. The van der Waals surface area contributed by atoms with E-state index in [-0.39, 0.29) is 36.4 Å². The molecule has 8 nitrogen and oxygen atoms in total. The minimum Gasteiger partial charge on any atom is -0.396 e. The highest BCUT2D eigenvalue weighted by Crippen LogP contribution is 2.31. The van der Waals surface area contributed by atoms with E-state index >= 15 is 0 Å². The number of aliphatic hydroxyl groups is 1. The minimum absolute atomic E-state index is 0.0951. The fourth-order valence-electron chi connectivity index (χ4n) is 4.16. The molecule has 0 fully saturated rings. The van der Waals surface area contributed by atoms with Gasteiger partial charge in [0.05, 0.1) is 11.8 Å². The lowest BCUT2D eigenvalue weighted by Crippen LogP contribution is -2.44. The van der Waals surface area contributed by atoms with Crippen molar-refractivity contribution in [3.63, 3.8) is 0 Å². The first kappa shape index (κ1) is 24.7. The maximum absolute atomic E-state index is 13.4. The molecule has 0 radical (unpaired) electrons. The Morgan fingerprint density at radius 1 is 1.24 bits per heavy atom. The van der Waals surface area contributed by atoms with E-state index in [0.29, 0.717) is 30.8 Å². The number of allylic oxidation sites excluding steroid dienone is 5. The van der Waals surface area contributed by atoms with Crippen LogP contribution in [0.25, 0.3) is 0 Å². The van der Waals surface area contributed by atoms with Gasteiger partial charge in [-0.25, -0.2) is 4.79 Å². The van der Waals surface area contributed by atoms with Gasteiger partial charge in [0.2, 0.25) is 0 Å². The van der Waals surface area contributed by atoms with E-state index in [4.69, 9.17) is 10.1 Å². The molecule has 3 unspecified atom stereocenters. The molecule has 1 aromatic heterocycles. The lowest BCUT2D eigenvalue weighted by Gasteiger charge is -2.32. The van der Waals surface area contributed by atoms with Crippen molar-refractivity contribution in [2.75, 3.05) is 18.1 Å². The zero-order valence-electron chi connectivity index (χ0n) is 19.8. The average molecular weight is 455 g/mol. The molecule has 1 aliphatic carbocycles. The van der Waals surface area contributed by atoms with Crippen molar-refractivity contribution in [1.82, 2.24) is 9.13 Å². The zero-order valence-corrected chi connectivity index (χ0v) is 19.8. The van der Waals surface area contributed by atoms with Gasteiger partial charge in [0.25, 0.3) is 5.56 Å². The third-order valence-electron chi connectivity index (χ3n) is 6.12. The first-order valence-electron chi connectivity index (χ1n) is 11.3. The second-order valence-electron chi connectivity index (χ2n) is 8.76. The Morgan fingerprint density at radius 3 is 2.64 bits per heavy atom. The maximum atomic E-state index is 13.4. The predicted octanol–water partition coefficient (Wildman–Crippen LogP) is 2.31. The van der Waals surface area contributed by atoms with Crippen LogP contribution in [0.3, 0.4) is 0 Å². The van der Waals surface area contributed by atoms with Crippen LogP contribution in [0.2, 0.25) is 0 Å². The van der Waals surface area contributed by atoms with Crippen molar-refractivity contribution in [2.24, 2.45) is 13.0 Å². The van der Waals surface area contributed by atoms with Crippen molar-refractivity contribution in [1.29, 1.82) is 5.41 Å². The summed E-state index contributed by atoms with van der Waals surface area (Å²) in [5.41, 5.74) is 2.24. The van der Waals surface area contributed by atoms with E-state index in [0.717, 1.165) is 11.1 Å². The molecule has 0 spiro atoms. The summed E-state index contributed by atoms with van der Waals surface area (Å²) in [4.78, 5) is 28.2. The van der Waals surface area contributed by atoms with Gasteiger partial charge in [-0.1, -0.05) is 49.0 Å². The Morgan fingerprint density at radius 2 is 1.97 bits per heavy atom. The molecule has 0 saturated carbocycles. The zero-order chi connectivity index (χ0) is 24.1. The van der Waals surface area contributed by atoms with Gasteiger partial charge in [-0.3, -0.25) is 13.9 Å².